The predicted molar refractivity (Wildman–Crippen MR) is 70.4 cm³/mol. The summed E-state index contributed by atoms with van der Waals surface area (Å²) < 4.78 is 5.68. The van der Waals surface area contributed by atoms with Crippen molar-refractivity contribution in [2.24, 2.45) is 0 Å². The molecule has 0 amide bonds. The third-order valence-electron chi connectivity index (χ3n) is 3.09. The molecule has 1 atom stereocenters. The molecule has 1 saturated heterocycles. The first-order valence-electron chi connectivity index (χ1n) is 6.13. The van der Waals surface area contributed by atoms with Gasteiger partial charge in [-0.3, -0.25) is 0 Å². The van der Waals surface area contributed by atoms with Gasteiger partial charge in [-0.15, -0.1) is 0 Å². The van der Waals surface area contributed by atoms with Crippen LogP contribution in [0.4, 0.5) is 0 Å². The van der Waals surface area contributed by atoms with Crippen LogP contribution in [0.3, 0.4) is 0 Å². The minimum atomic E-state index is 0.615. The summed E-state index contributed by atoms with van der Waals surface area (Å²) in [5.41, 5.74) is 1.83. The third-order valence-corrected chi connectivity index (χ3v) is 4.09. The van der Waals surface area contributed by atoms with E-state index >= 15 is 0 Å². The number of fused-ring (bicyclic) bond motifs is 1. The molecule has 1 aromatic carbocycles. The van der Waals surface area contributed by atoms with E-state index in [-0.39, 0.29) is 0 Å². The molecule has 0 saturated carbocycles. The number of hydrogen-bond acceptors (Lipinski definition) is 4. The first kappa shape index (κ1) is 11.1. The van der Waals surface area contributed by atoms with Gasteiger partial charge in [-0.1, -0.05) is 30.3 Å². The second-order valence-corrected chi connectivity index (χ2v) is 5.38. The highest BCUT2D eigenvalue weighted by Crippen LogP contribution is 2.24. The molecule has 90 valence electrons. The number of para-hydroxylation sites is 2. The quantitative estimate of drug-likeness (QED) is 0.847. The second-order valence-electron chi connectivity index (χ2n) is 4.41. The van der Waals surface area contributed by atoms with Gasteiger partial charge in [-0.2, -0.15) is 0 Å². The van der Waals surface area contributed by atoms with Crippen LogP contribution in [0.25, 0.3) is 11.1 Å². The summed E-state index contributed by atoms with van der Waals surface area (Å²) in [6.07, 6.45) is 3.92. The van der Waals surface area contributed by atoms with Crippen LogP contribution >= 0.6 is 11.8 Å². The van der Waals surface area contributed by atoms with Gasteiger partial charge in [0.15, 0.2) is 5.58 Å². The molecule has 0 spiro atoms. The Morgan fingerprint density at radius 2 is 2.29 bits per heavy atom. The summed E-state index contributed by atoms with van der Waals surface area (Å²) in [6, 6.07) is 8.53. The monoisotopic (exact) mass is 248 g/mol. The molecule has 0 bridgehead atoms. The van der Waals surface area contributed by atoms with Gasteiger partial charge in [0, 0.05) is 11.8 Å². The lowest BCUT2D eigenvalue weighted by atomic mass is 10.1. The van der Waals surface area contributed by atoms with Gasteiger partial charge in [0.05, 0.1) is 0 Å². The molecular formula is C13H16N2OS. The topological polar surface area (TPSA) is 38.1 Å². The Labute approximate surface area is 105 Å². The van der Waals surface area contributed by atoms with Crippen LogP contribution in [0, 0.1) is 0 Å². The fourth-order valence-corrected chi connectivity index (χ4v) is 3.09. The van der Waals surface area contributed by atoms with E-state index in [1.807, 2.05) is 24.3 Å². The molecule has 4 heteroatoms. The van der Waals surface area contributed by atoms with Crippen LogP contribution < -0.4 is 5.32 Å². The van der Waals surface area contributed by atoms with Crippen LogP contribution in [-0.2, 0) is 0 Å². The minimum Gasteiger partial charge on any atom is -0.431 e. The summed E-state index contributed by atoms with van der Waals surface area (Å²) in [5, 5.41) is 4.32. The molecule has 1 N–H and O–H groups in total. The second kappa shape index (κ2) is 5.10. The summed E-state index contributed by atoms with van der Waals surface area (Å²) >= 11 is 1.71. The largest absolute Gasteiger partial charge is 0.431 e. The van der Waals surface area contributed by atoms with E-state index in [0.717, 1.165) is 28.6 Å². The number of nitrogens with zero attached hydrogens (tertiary/aromatic N) is 1. The summed E-state index contributed by atoms with van der Waals surface area (Å²) in [6.45, 7) is 1.15. The Morgan fingerprint density at radius 1 is 1.35 bits per heavy atom. The Morgan fingerprint density at radius 3 is 3.12 bits per heavy atom. The maximum atomic E-state index is 5.68. The van der Waals surface area contributed by atoms with E-state index in [4.69, 9.17) is 4.42 Å². The highest BCUT2D eigenvalue weighted by atomic mass is 32.2. The molecule has 2 heterocycles. The van der Waals surface area contributed by atoms with Gasteiger partial charge in [-0.05, 0) is 31.5 Å². The zero-order chi connectivity index (χ0) is 11.5. The fourth-order valence-electron chi connectivity index (χ4n) is 2.15. The lowest BCUT2D eigenvalue weighted by molar-refractivity contribution is 0.427. The van der Waals surface area contributed by atoms with Gasteiger partial charge >= 0.3 is 0 Å². The van der Waals surface area contributed by atoms with Crippen molar-refractivity contribution in [2.75, 3.05) is 12.3 Å². The van der Waals surface area contributed by atoms with Crippen molar-refractivity contribution < 1.29 is 4.42 Å². The summed E-state index contributed by atoms with van der Waals surface area (Å²) in [4.78, 5) is 4.47. The van der Waals surface area contributed by atoms with Gasteiger partial charge in [0.2, 0.25) is 0 Å². The van der Waals surface area contributed by atoms with E-state index in [9.17, 15) is 0 Å². The number of hydrogen-bond donors (Lipinski definition) is 1. The number of thioether (sulfide) groups is 1. The van der Waals surface area contributed by atoms with Crippen molar-refractivity contribution in [3.63, 3.8) is 0 Å². The van der Waals surface area contributed by atoms with Crippen molar-refractivity contribution >= 4 is 22.9 Å². The molecule has 2 aromatic rings. The van der Waals surface area contributed by atoms with Gasteiger partial charge < -0.3 is 9.73 Å². The lowest BCUT2D eigenvalue weighted by Crippen LogP contribution is -2.35. The third kappa shape index (κ3) is 2.64. The minimum absolute atomic E-state index is 0.615. The molecule has 1 aromatic heterocycles. The highest BCUT2D eigenvalue weighted by molar-refractivity contribution is 7.99. The highest BCUT2D eigenvalue weighted by Gasteiger charge is 2.14. The molecule has 3 rings (SSSR count). The van der Waals surface area contributed by atoms with Crippen LogP contribution in [0.15, 0.2) is 33.9 Å². The molecule has 17 heavy (non-hydrogen) atoms. The molecule has 1 aliphatic rings. The van der Waals surface area contributed by atoms with Crippen molar-refractivity contribution in [3.8, 4) is 0 Å². The predicted octanol–water partition coefficient (Wildman–Crippen LogP) is 3.06. The maximum Gasteiger partial charge on any atom is 0.256 e. The smallest absolute Gasteiger partial charge is 0.256 e. The zero-order valence-corrected chi connectivity index (χ0v) is 10.5. The Balaban J connectivity index is 1.64. The van der Waals surface area contributed by atoms with Crippen molar-refractivity contribution in [3.05, 3.63) is 24.3 Å². The molecule has 0 unspecified atom stereocenters. The van der Waals surface area contributed by atoms with Crippen LogP contribution in [0.5, 0.6) is 0 Å². The molecule has 1 aliphatic heterocycles. The Bertz CT molecular complexity index is 458. The number of piperidine rings is 1. The van der Waals surface area contributed by atoms with Crippen LogP contribution in [0.1, 0.15) is 19.3 Å². The average molecular weight is 248 g/mol. The SMILES string of the molecule is c1ccc2oc(SC[C@@H]3CCCCN3)nc2c1. The van der Waals surface area contributed by atoms with E-state index in [1.54, 1.807) is 11.8 Å². The van der Waals surface area contributed by atoms with Gasteiger partial charge in [0.1, 0.15) is 5.52 Å². The summed E-state index contributed by atoms with van der Waals surface area (Å²) in [7, 11) is 0. The Hall–Kier alpha value is -1.00. The number of rotatable bonds is 3. The average Bonchev–Trinajstić information content (AvgIpc) is 2.80. The van der Waals surface area contributed by atoms with Crippen molar-refractivity contribution in [1.29, 1.82) is 0 Å². The van der Waals surface area contributed by atoms with E-state index in [1.165, 1.54) is 19.3 Å². The molecular weight excluding hydrogens is 232 g/mol. The van der Waals surface area contributed by atoms with Crippen molar-refractivity contribution in [2.45, 2.75) is 30.5 Å². The molecule has 1 fully saturated rings. The van der Waals surface area contributed by atoms with Crippen LogP contribution in [-0.4, -0.2) is 23.3 Å². The number of oxazole rings is 1. The van der Waals surface area contributed by atoms with E-state index in [0.29, 0.717) is 6.04 Å². The van der Waals surface area contributed by atoms with Gasteiger partial charge in [0.25, 0.3) is 5.22 Å². The Kier molecular flexibility index (Phi) is 3.34. The van der Waals surface area contributed by atoms with E-state index in [2.05, 4.69) is 10.3 Å². The van der Waals surface area contributed by atoms with E-state index < -0.39 is 0 Å². The fraction of sp³-hybridized carbons (Fsp3) is 0.462. The van der Waals surface area contributed by atoms with Crippen molar-refractivity contribution in [1.82, 2.24) is 10.3 Å². The standard InChI is InChI=1S/C13H16N2OS/c1-2-7-12-11(6-1)15-13(16-12)17-9-10-5-3-4-8-14-10/h1-2,6-7,10,14H,3-5,8-9H2/t10-/m0/s1. The maximum absolute atomic E-state index is 5.68. The number of nitrogens with one attached hydrogen (secondary N) is 1. The normalized spacial score (nSPS) is 20.8. The molecule has 0 radical (unpaired) electrons. The molecule has 0 aliphatic carbocycles. The lowest BCUT2D eigenvalue weighted by Gasteiger charge is -2.22. The zero-order valence-electron chi connectivity index (χ0n) is 9.69. The summed E-state index contributed by atoms with van der Waals surface area (Å²) in [5.74, 6) is 1.05. The number of benzene rings is 1. The number of aromatic nitrogens is 1. The molecule has 3 nitrogen and oxygen atoms in total. The van der Waals surface area contributed by atoms with Crippen LogP contribution in [0.2, 0.25) is 0 Å². The first-order valence-corrected chi connectivity index (χ1v) is 7.12. The van der Waals surface area contributed by atoms with Gasteiger partial charge in [-0.25, -0.2) is 4.98 Å². The first-order chi connectivity index (χ1) is 8.42.